The van der Waals surface area contributed by atoms with Crippen molar-refractivity contribution in [3.8, 4) is 5.75 Å². The Bertz CT molecular complexity index is 1440. The van der Waals surface area contributed by atoms with Crippen molar-refractivity contribution in [1.82, 2.24) is 10.2 Å². The molecule has 3 aromatic carbocycles. The Kier molecular flexibility index (Phi) is 10.6. The fourth-order valence-corrected chi connectivity index (χ4v) is 6.20. The Morgan fingerprint density at radius 1 is 0.929 bits per heavy atom. The molecular formula is C33H41N3O5S. The molecule has 1 fully saturated rings. The number of carbonyl (C=O) groups excluding carboxylic acids is 2. The van der Waals surface area contributed by atoms with Crippen LogP contribution in [0.15, 0.2) is 78.9 Å². The van der Waals surface area contributed by atoms with Crippen LogP contribution in [0.1, 0.15) is 49.3 Å². The van der Waals surface area contributed by atoms with Crippen LogP contribution in [-0.4, -0.2) is 56.6 Å². The zero-order valence-corrected chi connectivity index (χ0v) is 25.5. The molecule has 1 atom stereocenters. The third-order valence-corrected chi connectivity index (χ3v) is 8.69. The summed E-state index contributed by atoms with van der Waals surface area (Å²) in [4.78, 5) is 29.7. The zero-order valence-electron chi connectivity index (χ0n) is 24.7. The van der Waals surface area contributed by atoms with E-state index in [1.54, 1.807) is 24.3 Å². The largest absolute Gasteiger partial charge is 0.492 e. The van der Waals surface area contributed by atoms with Gasteiger partial charge in [0.05, 0.1) is 18.6 Å². The second-order valence-corrected chi connectivity index (χ2v) is 12.8. The summed E-state index contributed by atoms with van der Waals surface area (Å²) in [6.07, 6.45) is 5.30. The van der Waals surface area contributed by atoms with Gasteiger partial charge < -0.3 is 15.0 Å². The molecule has 0 unspecified atom stereocenters. The van der Waals surface area contributed by atoms with E-state index in [9.17, 15) is 18.0 Å². The average molecular weight is 592 g/mol. The number of rotatable bonds is 13. The maximum absolute atomic E-state index is 14.3. The summed E-state index contributed by atoms with van der Waals surface area (Å²) < 4.78 is 32.9. The number of aryl methyl sites for hydroxylation is 1. The van der Waals surface area contributed by atoms with Crippen molar-refractivity contribution < 1.29 is 22.7 Å². The van der Waals surface area contributed by atoms with Crippen LogP contribution in [0.4, 0.5) is 5.69 Å². The van der Waals surface area contributed by atoms with Gasteiger partial charge in [-0.1, -0.05) is 85.1 Å². The molecule has 1 saturated carbocycles. The molecule has 9 heteroatoms. The van der Waals surface area contributed by atoms with Gasteiger partial charge in [-0.3, -0.25) is 13.9 Å². The number of carbonyl (C=O) groups is 2. The number of nitrogens with zero attached hydrogens (tertiary/aromatic N) is 2. The molecule has 1 aliphatic rings. The molecule has 8 nitrogen and oxygen atoms in total. The zero-order chi connectivity index (χ0) is 30.1. The van der Waals surface area contributed by atoms with Crippen LogP contribution in [0.5, 0.6) is 5.75 Å². The highest BCUT2D eigenvalue weighted by atomic mass is 32.2. The Morgan fingerprint density at radius 2 is 1.57 bits per heavy atom. The van der Waals surface area contributed by atoms with Gasteiger partial charge in [0.15, 0.2) is 0 Å². The number of hydrogen-bond donors (Lipinski definition) is 1. The molecule has 0 bridgehead atoms. The Hall–Kier alpha value is -3.85. The SMILES string of the molecule is CCOc1ccccc1N(CC(=O)N(Cc1ccc(C)cc1)[C@@H](Cc1ccccc1)C(=O)NC1CCCC1)S(C)(=O)=O. The molecule has 0 radical (unpaired) electrons. The third kappa shape index (κ3) is 8.35. The van der Waals surface area contributed by atoms with E-state index < -0.39 is 28.5 Å². The Balaban J connectivity index is 1.73. The Labute approximate surface area is 249 Å². The van der Waals surface area contributed by atoms with Crippen molar-refractivity contribution in [3.63, 3.8) is 0 Å². The van der Waals surface area contributed by atoms with E-state index >= 15 is 0 Å². The molecule has 0 spiro atoms. The van der Waals surface area contributed by atoms with Crippen molar-refractivity contribution >= 4 is 27.5 Å². The summed E-state index contributed by atoms with van der Waals surface area (Å²) in [7, 11) is -3.88. The Morgan fingerprint density at radius 3 is 2.21 bits per heavy atom. The molecule has 1 N–H and O–H groups in total. The van der Waals surface area contributed by atoms with E-state index in [4.69, 9.17) is 4.74 Å². The van der Waals surface area contributed by atoms with E-state index in [0.717, 1.165) is 52.9 Å². The summed E-state index contributed by atoms with van der Waals surface area (Å²) in [6, 6.07) is 23.4. The van der Waals surface area contributed by atoms with Gasteiger partial charge in [0.2, 0.25) is 21.8 Å². The number of para-hydroxylation sites is 2. The van der Waals surface area contributed by atoms with E-state index in [-0.39, 0.29) is 24.2 Å². The first-order chi connectivity index (χ1) is 20.2. The van der Waals surface area contributed by atoms with Crippen molar-refractivity contribution in [2.45, 2.75) is 64.6 Å². The van der Waals surface area contributed by atoms with Crippen molar-refractivity contribution in [2.24, 2.45) is 0 Å². The first kappa shape index (κ1) is 31.1. The van der Waals surface area contributed by atoms with E-state index in [0.29, 0.717) is 18.8 Å². The highest BCUT2D eigenvalue weighted by molar-refractivity contribution is 7.92. The summed E-state index contributed by atoms with van der Waals surface area (Å²) in [5.74, 6) is -0.343. The molecule has 42 heavy (non-hydrogen) atoms. The lowest BCUT2D eigenvalue weighted by atomic mass is 10.0. The number of benzene rings is 3. The van der Waals surface area contributed by atoms with Gasteiger partial charge in [-0.15, -0.1) is 0 Å². The molecule has 4 rings (SSSR count). The quantitative estimate of drug-likeness (QED) is 0.306. The average Bonchev–Trinajstić information content (AvgIpc) is 3.48. The van der Waals surface area contributed by atoms with Crippen LogP contribution in [0.3, 0.4) is 0 Å². The lowest BCUT2D eigenvalue weighted by molar-refractivity contribution is -0.140. The minimum Gasteiger partial charge on any atom is -0.492 e. The number of ether oxygens (including phenoxy) is 1. The van der Waals surface area contributed by atoms with E-state index in [1.165, 1.54) is 4.90 Å². The monoisotopic (exact) mass is 591 g/mol. The number of sulfonamides is 1. The number of amides is 2. The minimum atomic E-state index is -3.88. The van der Waals surface area contributed by atoms with Gasteiger partial charge in [-0.25, -0.2) is 8.42 Å². The fourth-order valence-electron chi connectivity index (χ4n) is 5.35. The molecule has 224 valence electrons. The van der Waals surface area contributed by atoms with Gasteiger partial charge in [0.1, 0.15) is 18.3 Å². The summed E-state index contributed by atoms with van der Waals surface area (Å²) in [6.45, 7) is 3.81. The maximum atomic E-state index is 14.3. The van der Waals surface area contributed by atoms with Crippen molar-refractivity contribution in [3.05, 3.63) is 95.6 Å². The van der Waals surface area contributed by atoms with Gasteiger partial charge in [0.25, 0.3) is 0 Å². The topological polar surface area (TPSA) is 96.0 Å². The lowest BCUT2D eigenvalue weighted by Crippen LogP contribution is -2.54. The first-order valence-electron chi connectivity index (χ1n) is 14.5. The van der Waals surface area contributed by atoms with Crippen LogP contribution in [0.2, 0.25) is 0 Å². The maximum Gasteiger partial charge on any atom is 0.244 e. The van der Waals surface area contributed by atoms with Crippen LogP contribution in [0.25, 0.3) is 0 Å². The predicted octanol–water partition coefficient (Wildman–Crippen LogP) is 4.86. The second-order valence-electron chi connectivity index (χ2n) is 10.9. The molecule has 1 aliphatic carbocycles. The molecule has 0 heterocycles. The van der Waals surface area contributed by atoms with E-state index in [2.05, 4.69) is 5.32 Å². The van der Waals surface area contributed by atoms with Crippen LogP contribution in [0, 0.1) is 6.92 Å². The number of anilines is 1. The fraction of sp³-hybridized carbons (Fsp3) is 0.394. The van der Waals surface area contributed by atoms with Gasteiger partial charge in [0, 0.05) is 19.0 Å². The second kappa shape index (κ2) is 14.4. The number of hydrogen-bond acceptors (Lipinski definition) is 5. The normalized spacial score (nSPS) is 14.3. The predicted molar refractivity (Wildman–Crippen MR) is 166 cm³/mol. The standard InChI is InChI=1S/C33H41N3O5S/c1-4-41-31-17-11-10-16-29(31)36(42(3,39)40)24-32(37)35(23-27-20-18-25(2)19-21-27)30(22-26-12-6-5-7-13-26)33(38)34-28-14-8-9-15-28/h5-7,10-13,16-21,28,30H,4,8-9,14-15,22-24H2,1-3H3,(H,34,38)/t30-/m0/s1. The van der Waals surface area contributed by atoms with Crippen LogP contribution in [-0.2, 0) is 32.6 Å². The van der Waals surface area contributed by atoms with Gasteiger partial charge >= 0.3 is 0 Å². The smallest absolute Gasteiger partial charge is 0.244 e. The highest BCUT2D eigenvalue weighted by Crippen LogP contribution is 2.30. The van der Waals surface area contributed by atoms with Gasteiger partial charge in [-0.05, 0) is 49.9 Å². The highest BCUT2D eigenvalue weighted by Gasteiger charge is 2.34. The molecule has 3 aromatic rings. The minimum absolute atomic E-state index is 0.0673. The summed E-state index contributed by atoms with van der Waals surface area (Å²) in [5.41, 5.74) is 3.11. The van der Waals surface area contributed by atoms with Crippen LogP contribution < -0.4 is 14.4 Å². The van der Waals surface area contributed by atoms with Crippen LogP contribution >= 0.6 is 0 Å². The lowest BCUT2D eigenvalue weighted by Gasteiger charge is -2.34. The molecule has 0 aliphatic heterocycles. The number of nitrogens with one attached hydrogen (secondary N) is 1. The molecule has 2 amide bonds. The first-order valence-corrected chi connectivity index (χ1v) is 16.4. The summed E-state index contributed by atoms with van der Waals surface area (Å²) >= 11 is 0. The van der Waals surface area contributed by atoms with Gasteiger partial charge in [-0.2, -0.15) is 0 Å². The van der Waals surface area contributed by atoms with Crippen molar-refractivity contribution in [2.75, 3.05) is 23.7 Å². The molecule has 0 aromatic heterocycles. The van der Waals surface area contributed by atoms with E-state index in [1.807, 2.05) is 68.4 Å². The molecular weight excluding hydrogens is 550 g/mol. The van der Waals surface area contributed by atoms with Crippen molar-refractivity contribution in [1.29, 1.82) is 0 Å². The summed E-state index contributed by atoms with van der Waals surface area (Å²) in [5, 5.41) is 3.19. The third-order valence-electron chi connectivity index (χ3n) is 7.56. The molecule has 0 saturated heterocycles.